The largest absolute Gasteiger partial charge is 0.473 e. The van der Waals surface area contributed by atoms with Gasteiger partial charge in [-0.2, -0.15) is 0 Å². The van der Waals surface area contributed by atoms with Crippen LogP contribution in [-0.2, 0) is 6.61 Å². The molecule has 0 aliphatic heterocycles. The fourth-order valence-electron chi connectivity index (χ4n) is 1.89. The number of aryl methyl sites for hydroxylation is 1. The minimum atomic E-state index is 0.511. The number of aromatic nitrogens is 3. The van der Waals surface area contributed by atoms with E-state index >= 15 is 0 Å². The molecule has 0 saturated heterocycles. The monoisotopic (exact) mass is 277 g/mol. The molecule has 4 heteroatoms. The van der Waals surface area contributed by atoms with Gasteiger partial charge in [0.05, 0.1) is 17.6 Å². The van der Waals surface area contributed by atoms with Crippen LogP contribution in [0.25, 0.3) is 11.3 Å². The topological polar surface area (TPSA) is 47.9 Å². The Morgan fingerprint density at radius 1 is 0.857 bits per heavy atom. The summed E-state index contributed by atoms with van der Waals surface area (Å²) in [5.74, 6) is 0.600. The quantitative estimate of drug-likeness (QED) is 0.733. The first-order valence-electron chi connectivity index (χ1n) is 6.73. The molecule has 3 rings (SSSR count). The first-order valence-corrected chi connectivity index (χ1v) is 6.73. The Balaban J connectivity index is 1.68. The van der Waals surface area contributed by atoms with Gasteiger partial charge >= 0.3 is 0 Å². The molecule has 0 aliphatic rings. The van der Waals surface area contributed by atoms with E-state index in [1.54, 1.807) is 18.6 Å². The van der Waals surface area contributed by atoms with Crippen molar-refractivity contribution in [2.75, 3.05) is 0 Å². The molecule has 4 nitrogen and oxygen atoms in total. The molecule has 21 heavy (non-hydrogen) atoms. The Bertz CT molecular complexity index is 694. The summed E-state index contributed by atoms with van der Waals surface area (Å²) in [6.07, 6.45) is 5.24. The van der Waals surface area contributed by atoms with Gasteiger partial charge in [0.1, 0.15) is 6.61 Å². The average Bonchev–Trinajstić information content (AvgIpc) is 2.55. The summed E-state index contributed by atoms with van der Waals surface area (Å²) in [6.45, 7) is 2.42. The van der Waals surface area contributed by atoms with Crippen molar-refractivity contribution in [3.05, 3.63) is 72.3 Å². The van der Waals surface area contributed by atoms with Crippen molar-refractivity contribution in [1.29, 1.82) is 0 Å². The Kier molecular flexibility index (Phi) is 3.87. The summed E-state index contributed by atoms with van der Waals surface area (Å²) in [7, 11) is 0. The van der Waals surface area contributed by atoms with Crippen LogP contribution in [-0.4, -0.2) is 15.0 Å². The molecule has 3 aromatic rings. The third-order valence-electron chi connectivity index (χ3n) is 3.04. The van der Waals surface area contributed by atoms with Crippen molar-refractivity contribution in [2.24, 2.45) is 0 Å². The van der Waals surface area contributed by atoms with Crippen LogP contribution in [0.1, 0.15) is 11.3 Å². The second-order valence-corrected chi connectivity index (χ2v) is 4.70. The minimum Gasteiger partial charge on any atom is -0.473 e. The molecule has 0 amide bonds. The number of pyridine rings is 1. The highest BCUT2D eigenvalue weighted by Crippen LogP contribution is 2.18. The van der Waals surface area contributed by atoms with Gasteiger partial charge in [0.25, 0.3) is 0 Å². The predicted molar refractivity (Wildman–Crippen MR) is 80.8 cm³/mol. The molecule has 0 fully saturated rings. The van der Waals surface area contributed by atoms with Gasteiger partial charge in [-0.1, -0.05) is 30.3 Å². The van der Waals surface area contributed by atoms with Crippen LogP contribution in [0.2, 0.25) is 0 Å². The van der Waals surface area contributed by atoms with Crippen molar-refractivity contribution in [2.45, 2.75) is 13.5 Å². The van der Waals surface area contributed by atoms with Gasteiger partial charge in [0, 0.05) is 24.0 Å². The van der Waals surface area contributed by atoms with E-state index in [2.05, 4.69) is 15.0 Å². The van der Waals surface area contributed by atoms with Gasteiger partial charge in [-0.05, 0) is 18.6 Å². The Morgan fingerprint density at radius 2 is 1.71 bits per heavy atom. The zero-order valence-corrected chi connectivity index (χ0v) is 11.7. The number of benzene rings is 1. The van der Waals surface area contributed by atoms with E-state index in [-0.39, 0.29) is 0 Å². The molecule has 0 atom stereocenters. The van der Waals surface area contributed by atoms with Crippen LogP contribution in [0.4, 0.5) is 0 Å². The van der Waals surface area contributed by atoms with Gasteiger partial charge in [-0.3, -0.25) is 9.97 Å². The van der Waals surface area contributed by atoms with Crippen molar-refractivity contribution < 1.29 is 4.74 Å². The molecule has 0 unspecified atom stereocenters. The molecule has 0 radical (unpaired) electrons. The molecule has 1 aromatic carbocycles. The van der Waals surface area contributed by atoms with Crippen LogP contribution < -0.4 is 4.74 Å². The maximum Gasteiger partial charge on any atom is 0.213 e. The Labute approximate surface area is 123 Å². The van der Waals surface area contributed by atoms with E-state index < -0.39 is 0 Å². The van der Waals surface area contributed by atoms with Crippen molar-refractivity contribution >= 4 is 0 Å². The highest BCUT2D eigenvalue weighted by molar-refractivity contribution is 5.56. The van der Waals surface area contributed by atoms with Crippen LogP contribution in [0.5, 0.6) is 5.88 Å². The van der Waals surface area contributed by atoms with E-state index in [9.17, 15) is 0 Å². The normalized spacial score (nSPS) is 10.3. The zero-order chi connectivity index (χ0) is 14.5. The van der Waals surface area contributed by atoms with Gasteiger partial charge < -0.3 is 4.74 Å². The van der Waals surface area contributed by atoms with Crippen LogP contribution in [0, 0.1) is 6.92 Å². The van der Waals surface area contributed by atoms with Crippen LogP contribution in [0.15, 0.2) is 61.1 Å². The lowest BCUT2D eigenvalue weighted by molar-refractivity contribution is 0.294. The molecule has 0 aliphatic carbocycles. The lowest BCUT2D eigenvalue weighted by atomic mass is 10.2. The highest BCUT2D eigenvalue weighted by Gasteiger charge is 2.02. The number of hydrogen-bond donors (Lipinski definition) is 0. The summed E-state index contributed by atoms with van der Waals surface area (Å²) in [6, 6.07) is 13.8. The van der Waals surface area contributed by atoms with Crippen molar-refractivity contribution in [1.82, 2.24) is 15.0 Å². The summed E-state index contributed by atoms with van der Waals surface area (Å²) in [5.41, 5.74) is 3.75. The molecule has 104 valence electrons. The fraction of sp³-hybridized carbons (Fsp3) is 0.118. The lowest BCUT2D eigenvalue weighted by Gasteiger charge is -2.06. The molecule has 2 aromatic heterocycles. The minimum absolute atomic E-state index is 0.511. The van der Waals surface area contributed by atoms with E-state index in [1.807, 2.05) is 49.4 Å². The van der Waals surface area contributed by atoms with E-state index in [4.69, 9.17) is 4.74 Å². The molecule has 0 spiro atoms. The van der Waals surface area contributed by atoms with Gasteiger partial charge in [0.2, 0.25) is 5.88 Å². The number of nitrogens with zero attached hydrogens (tertiary/aromatic N) is 3. The Hall–Kier alpha value is -2.75. The van der Waals surface area contributed by atoms with Gasteiger partial charge in [0.15, 0.2) is 0 Å². The molecule has 0 saturated carbocycles. The van der Waals surface area contributed by atoms with Crippen LogP contribution >= 0.6 is 0 Å². The maximum absolute atomic E-state index is 5.65. The highest BCUT2D eigenvalue weighted by atomic mass is 16.5. The second-order valence-electron chi connectivity index (χ2n) is 4.70. The number of hydrogen-bond acceptors (Lipinski definition) is 4. The summed E-state index contributed by atoms with van der Waals surface area (Å²) < 4.78 is 5.65. The maximum atomic E-state index is 5.65. The van der Waals surface area contributed by atoms with Gasteiger partial charge in [-0.25, -0.2) is 4.98 Å². The SMILES string of the molecule is Cc1cnc(-c2ccc(OCc3ccccc3)nc2)cn1. The molecular formula is C17H15N3O. The summed E-state index contributed by atoms with van der Waals surface area (Å²) >= 11 is 0. The number of ether oxygens (including phenoxy) is 1. The molecule has 0 N–H and O–H groups in total. The average molecular weight is 277 g/mol. The third-order valence-corrected chi connectivity index (χ3v) is 3.04. The van der Waals surface area contributed by atoms with Crippen molar-refractivity contribution in [3.63, 3.8) is 0 Å². The predicted octanol–water partition coefficient (Wildman–Crippen LogP) is 3.43. The lowest BCUT2D eigenvalue weighted by Crippen LogP contribution is -1.97. The van der Waals surface area contributed by atoms with E-state index in [1.165, 1.54) is 0 Å². The number of rotatable bonds is 4. The first kappa shape index (κ1) is 13.2. The van der Waals surface area contributed by atoms with E-state index in [0.717, 1.165) is 22.5 Å². The van der Waals surface area contributed by atoms with Crippen LogP contribution in [0.3, 0.4) is 0 Å². The molecule has 0 bridgehead atoms. The zero-order valence-electron chi connectivity index (χ0n) is 11.7. The van der Waals surface area contributed by atoms with E-state index in [0.29, 0.717) is 12.5 Å². The third kappa shape index (κ3) is 3.42. The molecule has 2 heterocycles. The smallest absolute Gasteiger partial charge is 0.213 e. The summed E-state index contributed by atoms with van der Waals surface area (Å²) in [4.78, 5) is 12.9. The Morgan fingerprint density at radius 3 is 2.38 bits per heavy atom. The van der Waals surface area contributed by atoms with Gasteiger partial charge in [-0.15, -0.1) is 0 Å². The first-order chi connectivity index (χ1) is 10.3. The second kappa shape index (κ2) is 6.13. The fourth-order valence-corrected chi connectivity index (χ4v) is 1.89. The van der Waals surface area contributed by atoms with Crippen molar-refractivity contribution in [3.8, 4) is 17.1 Å². The standard InChI is InChI=1S/C17H15N3O/c1-13-9-19-16(11-18-13)15-7-8-17(20-10-15)21-12-14-5-3-2-4-6-14/h2-11H,12H2,1H3. The summed E-state index contributed by atoms with van der Waals surface area (Å²) in [5, 5.41) is 0. The molecular weight excluding hydrogens is 262 g/mol.